The van der Waals surface area contributed by atoms with E-state index in [-0.39, 0.29) is 24.2 Å². The fourth-order valence-electron chi connectivity index (χ4n) is 2.10. The van der Waals surface area contributed by atoms with Crippen LogP contribution in [-0.4, -0.2) is 29.5 Å². The third kappa shape index (κ3) is 2.93. The molecule has 1 saturated heterocycles. The number of ether oxygens (including phenoxy) is 1. The summed E-state index contributed by atoms with van der Waals surface area (Å²) in [7, 11) is 0. The first-order valence-electron chi connectivity index (χ1n) is 6.05. The van der Waals surface area contributed by atoms with Crippen LogP contribution in [-0.2, 0) is 9.53 Å². The molecular formula is C14H18BrNO2. The second-order valence-corrected chi connectivity index (χ2v) is 6.44. The highest BCUT2D eigenvalue weighted by atomic mass is 79.9. The Morgan fingerprint density at radius 3 is 2.44 bits per heavy atom. The summed E-state index contributed by atoms with van der Waals surface area (Å²) in [6.07, 6.45) is -0.0324. The number of carbonyl (C=O) groups is 1. The number of nitrogens with zero attached hydrogens (tertiary/aromatic N) is 1. The molecule has 0 aromatic heterocycles. The van der Waals surface area contributed by atoms with Gasteiger partial charge >= 0.3 is 0 Å². The zero-order chi connectivity index (χ0) is 13.3. The zero-order valence-electron chi connectivity index (χ0n) is 10.9. The van der Waals surface area contributed by atoms with E-state index in [1.807, 2.05) is 29.2 Å². The van der Waals surface area contributed by atoms with Crippen molar-refractivity contribution in [2.75, 3.05) is 13.2 Å². The Balaban J connectivity index is 2.17. The van der Waals surface area contributed by atoms with Crippen LogP contribution in [0.1, 0.15) is 32.4 Å². The van der Waals surface area contributed by atoms with Gasteiger partial charge in [0.05, 0.1) is 6.54 Å². The number of amides is 1. The van der Waals surface area contributed by atoms with Gasteiger partial charge in [0.25, 0.3) is 0 Å². The molecule has 0 N–H and O–H groups in total. The van der Waals surface area contributed by atoms with Crippen LogP contribution in [0.5, 0.6) is 0 Å². The average molecular weight is 312 g/mol. The van der Waals surface area contributed by atoms with Gasteiger partial charge < -0.3 is 9.64 Å². The Hall–Kier alpha value is -0.870. The Morgan fingerprint density at radius 2 is 1.89 bits per heavy atom. The quantitative estimate of drug-likeness (QED) is 0.797. The summed E-state index contributed by atoms with van der Waals surface area (Å²) >= 11 is 3.42. The molecule has 1 aromatic carbocycles. The zero-order valence-corrected chi connectivity index (χ0v) is 12.5. The van der Waals surface area contributed by atoms with Crippen LogP contribution in [0.15, 0.2) is 28.7 Å². The van der Waals surface area contributed by atoms with Gasteiger partial charge in [-0.15, -0.1) is 0 Å². The topological polar surface area (TPSA) is 29.5 Å². The molecule has 0 spiro atoms. The van der Waals surface area contributed by atoms with Crippen LogP contribution in [0.4, 0.5) is 0 Å². The van der Waals surface area contributed by atoms with Crippen LogP contribution < -0.4 is 0 Å². The first-order chi connectivity index (χ1) is 8.38. The van der Waals surface area contributed by atoms with Crippen LogP contribution in [0.3, 0.4) is 0 Å². The van der Waals surface area contributed by atoms with Gasteiger partial charge in [0, 0.05) is 10.0 Å². The smallest absolute Gasteiger partial charge is 0.249 e. The second-order valence-electron chi connectivity index (χ2n) is 5.53. The van der Waals surface area contributed by atoms with E-state index in [1.54, 1.807) is 0 Å². The third-order valence-corrected chi connectivity index (χ3v) is 3.64. The highest BCUT2D eigenvalue weighted by Gasteiger charge is 2.33. The van der Waals surface area contributed by atoms with E-state index in [4.69, 9.17) is 4.74 Å². The number of hydrogen-bond acceptors (Lipinski definition) is 2. The first-order valence-corrected chi connectivity index (χ1v) is 6.85. The number of hydrogen-bond donors (Lipinski definition) is 0. The van der Waals surface area contributed by atoms with Gasteiger partial charge in [0.15, 0.2) is 0 Å². The van der Waals surface area contributed by atoms with Crippen molar-refractivity contribution in [1.82, 2.24) is 4.90 Å². The first kappa shape index (κ1) is 13.6. The van der Waals surface area contributed by atoms with Crippen molar-refractivity contribution in [3.05, 3.63) is 34.3 Å². The number of benzene rings is 1. The van der Waals surface area contributed by atoms with Crippen molar-refractivity contribution in [2.24, 2.45) is 0 Å². The van der Waals surface area contributed by atoms with Crippen LogP contribution >= 0.6 is 15.9 Å². The highest BCUT2D eigenvalue weighted by Crippen LogP contribution is 2.28. The molecule has 98 valence electrons. The summed E-state index contributed by atoms with van der Waals surface area (Å²) < 4.78 is 6.68. The number of halogens is 1. The molecule has 0 aliphatic carbocycles. The molecule has 0 unspecified atom stereocenters. The fraction of sp³-hybridized carbons (Fsp3) is 0.500. The summed E-state index contributed by atoms with van der Waals surface area (Å²) in [5, 5.41) is 0. The van der Waals surface area contributed by atoms with Gasteiger partial charge in [-0.2, -0.15) is 0 Å². The molecule has 2 rings (SSSR count). The van der Waals surface area contributed by atoms with Crippen molar-refractivity contribution in [2.45, 2.75) is 32.4 Å². The fourth-order valence-corrected chi connectivity index (χ4v) is 2.36. The molecule has 1 amide bonds. The standard InChI is InChI=1S/C14H18BrNO2/c1-14(2,3)16-8-12(18-9-13(16)17)10-4-6-11(15)7-5-10/h4-7,12H,8-9H2,1-3H3/t12-/m1/s1. The van der Waals surface area contributed by atoms with Gasteiger partial charge in [-0.25, -0.2) is 0 Å². The van der Waals surface area contributed by atoms with Gasteiger partial charge in [-0.3, -0.25) is 4.79 Å². The van der Waals surface area contributed by atoms with E-state index in [0.717, 1.165) is 10.0 Å². The molecule has 1 aromatic rings. The lowest BCUT2D eigenvalue weighted by molar-refractivity contribution is -0.156. The maximum absolute atomic E-state index is 11.9. The SMILES string of the molecule is CC(C)(C)N1C[C@H](c2ccc(Br)cc2)OCC1=O. The Morgan fingerprint density at radius 1 is 1.28 bits per heavy atom. The largest absolute Gasteiger partial charge is 0.362 e. The Bertz CT molecular complexity index is 436. The highest BCUT2D eigenvalue weighted by molar-refractivity contribution is 9.10. The maximum Gasteiger partial charge on any atom is 0.249 e. The summed E-state index contributed by atoms with van der Waals surface area (Å²) in [4.78, 5) is 13.8. The van der Waals surface area contributed by atoms with E-state index >= 15 is 0 Å². The van der Waals surface area contributed by atoms with Crippen molar-refractivity contribution >= 4 is 21.8 Å². The molecule has 1 heterocycles. The molecule has 18 heavy (non-hydrogen) atoms. The van der Waals surface area contributed by atoms with E-state index in [0.29, 0.717) is 6.54 Å². The minimum atomic E-state index is -0.158. The van der Waals surface area contributed by atoms with Gasteiger partial charge in [0.1, 0.15) is 12.7 Å². The predicted molar refractivity (Wildman–Crippen MR) is 74.3 cm³/mol. The van der Waals surface area contributed by atoms with Crippen molar-refractivity contribution < 1.29 is 9.53 Å². The minimum absolute atomic E-state index is 0.0324. The number of morpholine rings is 1. The van der Waals surface area contributed by atoms with E-state index < -0.39 is 0 Å². The Kier molecular flexibility index (Phi) is 3.78. The minimum Gasteiger partial charge on any atom is -0.362 e. The summed E-state index contributed by atoms with van der Waals surface area (Å²) in [6, 6.07) is 8.06. The van der Waals surface area contributed by atoms with E-state index in [9.17, 15) is 4.79 Å². The monoisotopic (exact) mass is 311 g/mol. The Labute approximate surface area is 116 Å². The molecule has 0 radical (unpaired) electrons. The predicted octanol–water partition coefficient (Wildman–Crippen LogP) is 3.15. The third-order valence-electron chi connectivity index (χ3n) is 3.11. The van der Waals surface area contributed by atoms with E-state index in [1.165, 1.54) is 0 Å². The molecule has 3 nitrogen and oxygen atoms in total. The lowest BCUT2D eigenvalue weighted by Gasteiger charge is -2.41. The number of carbonyl (C=O) groups excluding carboxylic acids is 1. The molecule has 0 bridgehead atoms. The van der Waals surface area contributed by atoms with Crippen molar-refractivity contribution in [3.63, 3.8) is 0 Å². The van der Waals surface area contributed by atoms with E-state index in [2.05, 4.69) is 36.7 Å². The molecule has 1 atom stereocenters. The molecule has 0 saturated carbocycles. The van der Waals surface area contributed by atoms with Crippen LogP contribution in [0.2, 0.25) is 0 Å². The second kappa shape index (κ2) is 5.02. The molecule has 4 heteroatoms. The lowest BCUT2D eigenvalue weighted by atomic mass is 10.0. The lowest BCUT2D eigenvalue weighted by Crippen LogP contribution is -2.52. The summed E-state index contributed by atoms with van der Waals surface area (Å²) in [5.41, 5.74) is 0.953. The summed E-state index contributed by atoms with van der Waals surface area (Å²) in [5.74, 6) is 0.0656. The van der Waals surface area contributed by atoms with Crippen LogP contribution in [0, 0.1) is 0 Å². The molecule has 1 fully saturated rings. The molecule has 1 aliphatic rings. The molecule has 1 aliphatic heterocycles. The summed E-state index contributed by atoms with van der Waals surface area (Å²) in [6.45, 7) is 6.93. The van der Waals surface area contributed by atoms with Gasteiger partial charge in [-0.1, -0.05) is 28.1 Å². The van der Waals surface area contributed by atoms with Gasteiger partial charge in [-0.05, 0) is 38.5 Å². The molecular weight excluding hydrogens is 294 g/mol. The van der Waals surface area contributed by atoms with Crippen molar-refractivity contribution in [3.8, 4) is 0 Å². The van der Waals surface area contributed by atoms with Crippen LogP contribution in [0.25, 0.3) is 0 Å². The number of rotatable bonds is 1. The average Bonchev–Trinajstić information content (AvgIpc) is 2.29. The van der Waals surface area contributed by atoms with Gasteiger partial charge in [0.2, 0.25) is 5.91 Å². The normalized spacial score (nSPS) is 21.2. The maximum atomic E-state index is 11.9. The van der Waals surface area contributed by atoms with Crippen molar-refractivity contribution in [1.29, 1.82) is 0 Å².